The fraction of sp³-hybridized carbons (Fsp3) is 0.133. The topological polar surface area (TPSA) is 41.1 Å². The molecule has 0 unspecified atom stereocenters. The van der Waals surface area contributed by atoms with E-state index in [1.807, 2.05) is 25.1 Å². The van der Waals surface area contributed by atoms with Crippen molar-refractivity contribution in [2.45, 2.75) is 6.92 Å². The van der Waals surface area contributed by atoms with Gasteiger partial charge in [-0.2, -0.15) is 0 Å². The number of anilines is 2. The molecular formula is C15H14BrFN2O. The van der Waals surface area contributed by atoms with E-state index in [9.17, 15) is 9.18 Å². The summed E-state index contributed by atoms with van der Waals surface area (Å²) in [6.07, 6.45) is 0. The largest absolute Gasteiger partial charge is 0.374 e. The van der Waals surface area contributed by atoms with Crippen LogP contribution in [0.4, 0.5) is 15.8 Å². The third kappa shape index (κ3) is 3.81. The van der Waals surface area contributed by atoms with E-state index in [4.69, 9.17) is 0 Å². The van der Waals surface area contributed by atoms with E-state index >= 15 is 0 Å². The van der Waals surface area contributed by atoms with Gasteiger partial charge >= 0.3 is 0 Å². The summed E-state index contributed by atoms with van der Waals surface area (Å²) >= 11 is 3.35. The van der Waals surface area contributed by atoms with Crippen LogP contribution < -0.4 is 10.6 Å². The minimum Gasteiger partial charge on any atom is -0.374 e. The predicted molar refractivity (Wildman–Crippen MR) is 82.4 cm³/mol. The molecule has 3 nitrogen and oxygen atoms in total. The number of aryl methyl sites for hydroxylation is 1. The van der Waals surface area contributed by atoms with Crippen LogP contribution >= 0.6 is 15.9 Å². The molecule has 0 aliphatic carbocycles. The van der Waals surface area contributed by atoms with Crippen molar-refractivity contribution in [3.8, 4) is 0 Å². The molecule has 0 aliphatic heterocycles. The molecule has 2 aromatic rings. The summed E-state index contributed by atoms with van der Waals surface area (Å²) in [5.41, 5.74) is 1.94. The first-order valence-corrected chi connectivity index (χ1v) is 6.90. The molecule has 104 valence electrons. The number of carbonyl (C=O) groups is 1. The highest BCUT2D eigenvalue weighted by atomic mass is 79.9. The van der Waals surface area contributed by atoms with Crippen molar-refractivity contribution < 1.29 is 9.18 Å². The number of rotatable bonds is 4. The van der Waals surface area contributed by atoms with E-state index in [0.29, 0.717) is 11.4 Å². The average Bonchev–Trinajstić information content (AvgIpc) is 2.42. The van der Waals surface area contributed by atoms with Gasteiger partial charge in [-0.15, -0.1) is 0 Å². The maximum absolute atomic E-state index is 13.5. The first-order valence-electron chi connectivity index (χ1n) is 6.10. The Morgan fingerprint density at radius 1 is 1.20 bits per heavy atom. The molecule has 0 spiro atoms. The van der Waals surface area contributed by atoms with Crippen molar-refractivity contribution >= 4 is 33.2 Å². The minimum absolute atomic E-state index is 0.00169. The molecular weight excluding hydrogens is 323 g/mol. The van der Waals surface area contributed by atoms with Gasteiger partial charge in [-0.1, -0.05) is 18.2 Å². The number of para-hydroxylation sites is 1. The van der Waals surface area contributed by atoms with Crippen LogP contribution in [0.3, 0.4) is 0 Å². The van der Waals surface area contributed by atoms with Gasteiger partial charge in [0.15, 0.2) is 0 Å². The molecule has 2 rings (SSSR count). The molecule has 0 atom stereocenters. The van der Waals surface area contributed by atoms with Gasteiger partial charge in [-0.05, 0) is 52.7 Å². The number of benzene rings is 2. The van der Waals surface area contributed by atoms with Crippen molar-refractivity contribution in [2.24, 2.45) is 0 Å². The second-order valence-corrected chi connectivity index (χ2v) is 5.22. The number of halogens is 2. The zero-order chi connectivity index (χ0) is 14.5. The number of hydrogen-bond donors (Lipinski definition) is 2. The Kier molecular flexibility index (Phi) is 4.74. The van der Waals surface area contributed by atoms with Crippen LogP contribution in [-0.4, -0.2) is 12.5 Å². The predicted octanol–water partition coefficient (Wildman–Crippen LogP) is 3.95. The van der Waals surface area contributed by atoms with Crippen molar-refractivity contribution in [3.63, 3.8) is 0 Å². The van der Waals surface area contributed by atoms with Gasteiger partial charge in [0.1, 0.15) is 5.82 Å². The quantitative estimate of drug-likeness (QED) is 0.887. The Bertz CT molecular complexity index is 631. The SMILES string of the molecule is Cc1ccc(F)c(NCC(=O)Nc2ccccc2Br)c1. The molecule has 0 radical (unpaired) electrons. The van der Waals surface area contributed by atoms with Crippen LogP contribution in [0, 0.1) is 12.7 Å². The fourth-order valence-corrected chi connectivity index (χ4v) is 2.09. The normalized spacial score (nSPS) is 10.2. The molecule has 0 aliphatic rings. The van der Waals surface area contributed by atoms with Crippen LogP contribution in [-0.2, 0) is 4.79 Å². The zero-order valence-corrected chi connectivity index (χ0v) is 12.5. The summed E-state index contributed by atoms with van der Waals surface area (Å²) in [5, 5.41) is 5.53. The highest BCUT2D eigenvalue weighted by molar-refractivity contribution is 9.10. The van der Waals surface area contributed by atoms with Gasteiger partial charge in [-0.25, -0.2) is 4.39 Å². The first kappa shape index (κ1) is 14.5. The highest BCUT2D eigenvalue weighted by Gasteiger charge is 2.07. The third-order valence-corrected chi connectivity index (χ3v) is 3.40. The summed E-state index contributed by atoms with van der Waals surface area (Å²) < 4.78 is 14.3. The zero-order valence-electron chi connectivity index (χ0n) is 10.9. The Morgan fingerprint density at radius 3 is 2.70 bits per heavy atom. The molecule has 0 aromatic heterocycles. The Morgan fingerprint density at radius 2 is 1.95 bits per heavy atom. The lowest BCUT2D eigenvalue weighted by molar-refractivity contribution is -0.114. The van der Waals surface area contributed by atoms with Gasteiger partial charge in [0.2, 0.25) is 5.91 Å². The molecule has 2 N–H and O–H groups in total. The maximum atomic E-state index is 13.5. The van der Waals surface area contributed by atoms with E-state index in [0.717, 1.165) is 10.0 Å². The molecule has 1 amide bonds. The molecule has 5 heteroatoms. The summed E-state index contributed by atoms with van der Waals surface area (Å²) in [5.74, 6) is -0.609. The summed E-state index contributed by atoms with van der Waals surface area (Å²) in [6, 6.07) is 12.0. The van der Waals surface area contributed by atoms with Crippen LogP contribution in [0.25, 0.3) is 0 Å². The van der Waals surface area contributed by atoms with Crippen molar-refractivity contribution in [3.05, 3.63) is 58.3 Å². The Hall–Kier alpha value is -1.88. The van der Waals surface area contributed by atoms with Crippen molar-refractivity contribution in [1.82, 2.24) is 0 Å². The van der Waals surface area contributed by atoms with E-state index in [1.54, 1.807) is 18.2 Å². The van der Waals surface area contributed by atoms with Crippen LogP contribution in [0.2, 0.25) is 0 Å². The second kappa shape index (κ2) is 6.52. The molecule has 0 bridgehead atoms. The molecule has 0 heterocycles. The van der Waals surface area contributed by atoms with Crippen LogP contribution in [0.1, 0.15) is 5.56 Å². The summed E-state index contributed by atoms with van der Waals surface area (Å²) in [6.45, 7) is 1.87. The standard InChI is InChI=1S/C15H14BrFN2O/c1-10-6-7-12(17)14(8-10)18-9-15(20)19-13-5-3-2-4-11(13)16/h2-8,18H,9H2,1H3,(H,19,20). The first-order chi connectivity index (χ1) is 9.56. The summed E-state index contributed by atoms with van der Waals surface area (Å²) in [7, 11) is 0. The number of hydrogen-bond acceptors (Lipinski definition) is 2. The summed E-state index contributed by atoms with van der Waals surface area (Å²) in [4.78, 5) is 11.8. The molecule has 2 aromatic carbocycles. The Labute approximate surface area is 125 Å². The second-order valence-electron chi connectivity index (χ2n) is 4.36. The van der Waals surface area contributed by atoms with E-state index in [2.05, 4.69) is 26.6 Å². The van der Waals surface area contributed by atoms with Gasteiger partial charge < -0.3 is 10.6 Å². The van der Waals surface area contributed by atoms with Crippen LogP contribution in [0.5, 0.6) is 0 Å². The lowest BCUT2D eigenvalue weighted by Gasteiger charge is -2.10. The lowest BCUT2D eigenvalue weighted by atomic mass is 10.2. The third-order valence-electron chi connectivity index (χ3n) is 2.71. The van der Waals surface area contributed by atoms with Gasteiger partial charge in [0.05, 0.1) is 17.9 Å². The fourth-order valence-electron chi connectivity index (χ4n) is 1.71. The smallest absolute Gasteiger partial charge is 0.243 e. The van der Waals surface area contributed by atoms with E-state index < -0.39 is 0 Å². The number of carbonyl (C=O) groups excluding carboxylic acids is 1. The van der Waals surface area contributed by atoms with E-state index in [1.165, 1.54) is 6.07 Å². The van der Waals surface area contributed by atoms with Crippen molar-refractivity contribution in [1.29, 1.82) is 0 Å². The maximum Gasteiger partial charge on any atom is 0.243 e. The monoisotopic (exact) mass is 336 g/mol. The molecule has 0 saturated heterocycles. The molecule has 0 saturated carbocycles. The molecule has 20 heavy (non-hydrogen) atoms. The Balaban J connectivity index is 1.96. The minimum atomic E-state index is -0.371. The average molecular weight is 337 g/mol. The lowest BCUT2D eigenvalue weighted by Crippen LogP contribution is -2.22. The highest BCUT2D eigenvalue weighted by Crippen LogP contribution is 2.21. The number of amides is 1. The molecule has 0 fully saturated rings. The van der Waals surface area contributed by atoms with Crippen LogP contribution in [0.15, 0.2) is 46.9 Å². The van der Waals surface area contributed by atoms with Gasteiger partial charge in [-0.3, -0.25) is 4.79 Å². The van der Waals surface area contributed by atoms with Gasteiger partial charge in [0, 0.05) is 4.47 Å². The van der Waals surface area contributed by atoms with Crippen molar-refractivity contribution in [2.75, 3.05) is 17.2 Å². The van der Waals surface area contributed by atoms with Gasteiger partial charge in [0.25, 0.3) is 0 Å². The van der Waals surface area contributed by atoms with E-state index in [-0.39, 0.29) is 18.3 Å². The number of nitrogens with one attached hydrogen (secondary N) is 2.